The zero-order valence-corrected chi connectivity index (χ0v) is 30.9. The highest BCUT2D eigenvalue weighted by molar-refractivity contribution is 7.91. The topological polar surface area (TPSA) is 204 Å². The molecule has 1 aromatic heterocycles. The lowest BCUT2D eigenvalue weighted by atomic mass is 9.85. The molecule has 2 saturated carbocycles. The van der Waals surface area contributed by atoms with Gasteiger partial charge in [-0.1, -0.05) is 39.7 Å². The lowest BCUT2D eigenvalue weighted by Gasteiger charge is -2.35. The molecule has 3 fully saturated rings. The van der Waals surface area contributed by atoms with E-state index in [0.717, 1.165) is 42.6 Å². The number of fused-ring (bicyclic) bond motifs is 8. The molecule has 5 atom stereocenters. The Bertz CT molecular complexity index is 1840. The van der Waals surface area contributed by atoms with E-state index >= 15 is 0 Å². The van der Waals surface area contributed by atoms with Crippen LogP contribution >= 0.6 is 0 Å². The first-order chi connectivity index (χ1) is 24.7. The number of hydrogen-bond donors (Lipinski definition) is 3. The maximum atomic E-state index is 14.5. The lowest BCUT2D eigenvalue weighted by molar-refractivity contribution is -0.142. The van der Waals surface area contributed by atoms with Crippen molar-refractivity contribution in [3.05, 3.63) is 36.4 Å². The number of aromatic nitrogens is 4. The number of cyclic esters (lactones) is 1. The van der Waals surface area contributed by atoms with Crippen molar-refractivity contribution in [3.63, 3.8) is 0 Å². The van der Waals surface area contributed by atoms with Crippen LogP contribution in [0.15, 0.2) is 30.9 Å². The summed E-state index contributed by atoms with van der Waals surface area (Å²) in [6.07, 6.45) is 5.90. The fraction of sp³-hybridized carbons (Fsp3) is 0.629. The van der Waals surface area contributed by atoms with E-state index in [-0.39, 0.29) is 26.0 Å². The van der Waals surface area contributed by atoms with E-state index in [2.05, 4.69) is 37.3 Å². The number of ether oxygens (including phenoxy) is 2. The summed E-state index contributed by atoms with van der Waals surface area (Å²) in [6, 6.07) is 2.87. The number of alkyl carbamates (subject to hydrolysis) is 1. The Kier molecular flexibility index (Phi) is 10.4. The smallest absolute Gasteiger partial charge is 0.407 e. The summed E-state index contributed by atoms with van der Waals surface area (Å²) in [5, 5.41) is 18.2. The number of rotatable bonds is 7. The molecule has 4 amide bonds. The van der Waals surface area contributed by atoms with Gasteiger partial charge in [-0.05, 0) is 72.9 Å². The number of hydrogen-bond acceptors (Lipinski definition) is 11. The minimum Gasteiger partial charge on any atom is -0.496 e. The van der Waals surface area contributed by atoms with Crippen LogP contribution < -0.4 is 20.1 Å². The van der Waals surface area contributed by atoms with E-state index in [1.165, 1.54) is 15.8 Å². The van der Waals surface area contributed by atoms with Crippen molar-refractivity contribution in [2.24, 2.45) is 11.3 Å². The molecule has 6 bridgehead atoms. The van der Waals surface area contributed by atoms with Gasteiger partial charge in [0, 0.05) is 24.4 Å². The van der Waals surface area contributed by atoms with Gasteiger partial charge in [-0.25, -0.2) is 13.2 Å². The largest absolute Gasteiger partial charge is 0.496 e. The quantitative estimate of drug-likeness (QED) is 0.352. The molecule has 0 unspecified atom stereocenters. The van der Waals surface area contributed by atoms with Gasteiger partial charge < -0.3 is 25.0 Å². The molecule has 3 N–H and O–H groups in total. The molecule has 3 heterocycles. The number of amides is 4. The molecule has 16 nitrogen and oxygen atoms in total. The molecule has 17 heteroatoms. The predicted octanol–water partition coefficient (Wildman–Crippen LogP) is 2.42. The molecule has 0 spiro atoms. The highest BCUT2D eigenvalue weighted by Gasteiger charge is 2.62. The Morgan fingerprint density at radius 2 is 1.90 bits per heavy atom. The molecule has 2 aliphatic heterocycles. The third kappa shape index (κ3) is 7.78. The first-order valence-corrected chi connectivity index (χ1v) is 19.4. The SMILES string of the molecule is C=C[C@H]1C[C@@]1(NC(=O)[C@@H]1C[C@@H]2CN1C(=O)[C@@H](C(C)(C)C)NC(=O)OCCCCCCc1cc(ccc1OC)-c1nnn2n1)C(=O)NS(=O)(=O)C1CC1. The second-order valence-electron chi connectivity index (χ2n) is 15.3. The number of nitrogens with one attached hydrogen (secondary N) is 3. The monoisotopic (exact) mass is 740 g/mol. The Balaban J connectivity index is 1.32. The zero-order valence-electron chi connectivity index (χ0n) is 30.1. The molecule has 2 aromatic rings. The Morgan fingerprint density at radius 1 is 1.15 bits per heavy atom. The van der Waals surface area contributed by atoms with E-state index in [1.807, 2.05) is 18.2 Å². The minimum absolute atomic E-state index is 0.00989. The van der Waals surface area contributed by atoms with Gasteiger partial charge in [0.25, 0.3) is 5.91 Å². The summed E-state index contributed by atoms with van der Waals surface area (Å²) < 4.78 is 38.6. The molecule has 1 saturated heterocycles. The van der Waals surface area contributed by atoms with Gasteiger partial charge in [-0.3, -0.25) is 19.1 Å². The van der Waals surface area contributed by atoms with Crippen LogP contribution in [0.3, 0.4) is 0 Å². The molecule has 4 aliphatic rings. The molecule has 52 heavy (non-hydrogen) atoms. The van der Waals surface area contributed by atoms with Gasteiger partial charge in [-0.2, -0.15) is 4.80 Å². The van der Waals surface area contributed by atoms with Gasteiger partial charge in [0.15, 0.2) is 0 Å². The Labute approximate surface area is 303 Å². The number of nitrogens with zero attached hydrogens (tertiary/aromatic N) is 5. The highest BCUT2D eigenvalue weighted by atomic mass is 32.2. The number of aryl methyl sites for hydroxylation is 1. The van der Waals surface area contributed by atoms with Crippen LogP contribution in [0.1, 0.15) is 83.7 Å². The third-order valence-corrected chi connectivity index (χ3v) is 12.2. The second kappa shape index (κ2) is 14.5. The molecule has 2 aliphatic carbocycles. The van der Waals surface area contributed by atoms with Gasteiger partial charge in [-0.15, -0.1) is 16.8 Å². The standard InChI is InChI=1S/C35H48N8O8S/c1-6-23-19-35(23,32(46)40-52(48,49)25-13-14-25)37-30(44)26-18-24-20-42(26)31(45)28(34(2,3)4)36-33(47)51-16-10-8-7-9-11-21-17-22(12-15-27(21)50-5)29-38-41-43(24)39-29/h6,12,15,17,23-26,28H,1,7-11,13-14,16,18-20H2,2-5H3,(H,36,47)(H,37,44)(H,40,46)/t23-,24+,26-,28-,35-/m0/s1. The fourth-order valence-electron chi connectivity index (χ4n) is 7.01. The van der Waals surface area contributed by atoms with Crippen LogP contribution in [0, 0.1) is 11.3 Å². The average molecular weight is 741 g/mol. The lowest BCUT2D eigenvalue weighted by Crippen LogP contribution is -2.60. The van der Waals surface area contributed by atoms with Gasteiger partial charge in [0.2, 0.25) is 27.7 Å². The first kappa shape index (κ1) is 37.2. The molecular formula is C35H48N8O8S. The molecule has 1 aromatic carbocycles. The number of benzene rings is 1. The van der Waals surface area contributed by atoms with E-state index in [4.69, 9.17) is 9.47 Å². The van der Waals surface area contributed by atoms with Crippen LogP contribution in [0.5, 0.6) is 5.75 Å². The Hall–Kier alpha value is -4.54. The Morgan fingerprint density at radius 3 is 2.58 bits per heavy atom. The highest BCUT2D eigenvalue weighted by Crippen LogP contribution is 2.46. The van der Waals surface area contributed by atoms with Crippen LogP contribution in [-0.4, -0.2) is 100 Å². The maximum Gasteiger partial charge on any atom is 0.407 e. The van der Waals surface area contributed by atoms with Crippen molar-refractivity contribution in [1.29, 1.82) is 0 Å². The first-order valence-electron chi connectivity index (χ1n) is 17.9. The van der Waals surface area contributed by atoms with Crippen LogP contribution in [0.2, 0.25) is 0 Å². The van der Waals surface area contributed by atoms with Crippen molar-refractivity contribution in [1.82, 2.24) is 40.5 Å². The maximum absolute atomic E-state index is 14.5. The summed E-state index contributed by atoms with van der Waals surface area (Å²) in [5.74, 6) is -1.44. The number of methoxy groups -OCH3 is 1. The van der Waals surface area contributed by atoms with Crippen molar-refractivity contribution in [2.45, 2.75) is 107 Å². The number of carbonyl (C=O) groups excluding carboxylic acids is 4. The van der Waals surface area contributed by atoms with E-state index in [9.17, 15) is 27.6 Å². The summed E-state index contributed by atoms with van der Waals surface area (Å²) in [7, 11) is -2.27. The fourth-order valence-corrected chi connectivity index (χ4v) is 8.37. The second-order valence-corrected chi connectivity index (χ2v) is 17.2. The van der Waals surface area contributed by atoms with Crippen LogP contribution in [0.25, 0.3) is 11.4 Å². The van der Waals surface area contributed by atoms with Crippen LogP contribution in [0.4, 0.5) is 4.79 Å². The zero-order chi connectivity index (χ0) is 37.4. The molecular weight excluding hydrogens is 693 g/mol. The summed E-state index contributed by atoms with van der Waals surface area (Å²) in [6.45, 7) is 9.32. The van der Waals surface area contributed by atoms with Crippen molar-refractivity contribution in [3.8, 4) is 17.1 Å². The third-order valence-electron chi connectivity index (χ3n) is 10.4. The van der Waals surface area contributed by atoms with Gasteiger partial charge in [0.05, 0.1) is 25.0 Å². The molecule has 6 rings (SSSR count). The van der Waals surface area contributed by atoms with E-state index < -0.39 is 74.1 Å². The molecule has 0 radical (unpaired) electrons. The van der Waals surface area contributed by atoms with E-state index in [0.29, 0.717) is 25.1 Å². The number of carbonyl (C=O) groups is 4. The normalized spacial score (nSPS) is 27.1. The van der Waals surface area contributed by atoms with Gasteiger partial charge in [0.1, 0.15) is 23.4 Å². The average Bonchev–Trinajstić information content (AvgIpc) is 3.97. The van der Waals surface area contributed by atoms with Crippen molar-refractivity contribution in [2.75, 3.05) is 20.3 Å². The van der Waals surface area contributed by atoms with Gasteiger partial charge >= 0.3 is 6.09 Å². The molecule has 282 valence electrons. The number of sulfonamides is 1. The summed E-state index contributed by atoms with van der Waals surface area (Å²) in [5.41, 5.74) is -0.614. The number of tetrazole rings is 1. The van der Waals surface area contributed by atoms with Crippen molar-refractivity contribution >= 4 is 33.8 Å². The summed E-state index contributed by atoms with van der Waals surface area (Å²) in [4.78, 5) is 57.9. The van der Waals surface area contributed by atoms with E-state index in [1.54, 1.807) is 27.9 Å². The van der Waals surface area contributed by atoms with Crippen molar-refractivity contribution < 1.29 is 37.1 Å². The predicted molar refractivity (Wildman–Crippen MR) is 188 cm³/mol. The summed E-state index contributed by atoms with van der Waals surface area (Å²) >= 11 is 0. The van der Waals surface area contributed by atoms with Crippen LogP contribution in [-0.2, 0) is 35.6 Å². The minimum atomic E-state index is -3.89.